The van der Waals surface area contributed by atoms with Crippen LogP contribution in [0.3, 0.4) is 0 Å². The third-order valence-corrected chi connectivity index (χ3v) is 5.67. The Morgan fingerprint density at radius 3 is 2.83 bits per heavy atom. The summed E-state index contributed by atoms with van der Waals surface area (Å²) >= 11 is 5.15. The average Bonchev–Trinajstić information content (AvgIpc) is 2.75. The lowest BCUT2D eigenvalue weighted by Gasteiger charge is -2.44. The standard InChI is InChI=1S/C13H18BrNO2S/c1-9(10-5-6-11(14)18-10)15-8-4-3-7-13(15,2)12(16)17/h5-6,9H,3-4,7-8H2,1-2H3,(H,16,17). The lowest BCUT2D eigenvalue weighted by atomic mass is 9.87. The van der Waals surface area contributed by atoms with Gasteiger partial charge < -0.3 is 5.11 Å². The van der Waals surface area contributed by atoms with Gasteiger partial charge in [-0.3, -0.25) is 9.69 Å². The molecule has 0 aromatic carbocycles. The number of carbonyl (C=O) groups is 1. The van der Waals surface area contributed by atoms with E-state index in [1.165, 1.54) is 4.88 Å². The van der Waals surface area contributed by atoms with E-state index in [0.29, 0.717) is 0 Å². The summed E-state index contributed by atoms with van der Waals surface area (Å²) in [5, 5.41) is 9.52. The number of likely N-dealkylation sites (tertiary alicyclic amines) is 1. The molecule has 1 fully saturated rings. The molecule has 0 bridgehead atoms. The van der Waals surface area contributed by atoms with Gasteiger partial charge in [0.25, 0.3) is 0 Å². The maximum absolute atomic E-state index is 11.6. The molecule has 18 heavy (non-hydrogen) atoms. The van der Waals surface area contributed by atoms with E-state index >= 15 is 0 Å². The molecule has 2 rings (SSSR count). The van der Waals surface area contributed by atoms with E-state index in [1.807, 2.05) is 13.0 Å². The molecule has 1 aromatic heterocycles. The number of halogens is 1. The molecule has 2 unspecified atom stereocenters. The second-order valence-corrected chi connectivity index (χ2v) is 7.54. The number of aliphatic carboxylic acids is 1. The van der Waals surface area contributed by atoms with Gasteiger partial charge in [0.1, 0.15) is 5.54 Å². The van der Waals surface area contributed by atoms with Crippen molar-refractivity contribution >= 4 is 33.2 Å². The molecular formula is C13H18BrNO2S. The molecule has 0 radical (unpaired) electrons. The Morgan fingerprint density at radius 2 is 2.28 bits per heavy atom. The molecule has 2 atom stereocenters. The first-order chi connectivity index (χ1) is 8.45. The Hall–Kier alpha value is -0.390. The Bertz CT molecular complexity index is 448. The van der Waals surface area contributed by atoms with Gasteiger partial charge in [0.05, 0.1) is 3.79 Å². The van der Waals surface area contributed by atoms with Crippen molar-refractivity contribution in [3.8, 4) is 0 Å². The van der Waals surface area contributed by atoms with Crippen LogP contribution in [0.1, 0.15) is 44.0 Å². The monoisotopic (exact) mass is 331 g/mol. The van der Waals surface area contributed by atoms with Gasteiger partial charge in [-0.05, 0) is 67.7 Å². The van der Waals surface area contributed by atoms with Crippen molar-refractivity contribution in [3.63, 3.8) is 0 Å². The molecule has 0 saturated carbocycles. The fourth-order valence-corrected chi connectivity index (χ4v) is 4.19. The zero-order valence-electron chi connectivity index (χ0n) is 10.6. The van der Waals surface area contributed by atoms with Crippen LogP contribution in [0.4, 0.5) is 0 Å². The predicted octanol–water partition coefficient (Wildman–Crippen LogP) is 3.90. The summed E-state index contributed by atoms with van der Waals surface area (Å²) in [6.45, 7) is 4.82. The number of hydrogen-bond acceptors (Lipinski definition) is 3. The molecule has 3 nitrogen and oxygen atoms in total. The maximum atomic E-state index is 11.6. The van der Waals surface area contributed by atoms with E-state index < -0.39 is 11.5 Å². The Balaban J connectivity index is 2.26. The fraction of sp³-hybridized carbons (Fsp3) is 0.615. The van der Waals surface area contributed by atoms with E-state index in [4.69, 9.17) is 0 Å². The molecule has 0 spiro atoms. The SMILES string of the molecule is CC(c1ccc(Br)s1)N1CCCCC1(C)C(=O)O. The highest BCUT2D eigenvalue weighted by atomic mass is 79.9. The van der Waals surface area contributed by atoms with Gasteiger partial charge in [0.2, 0.25) is 0 Å². The van der Waals surface area contributed by atoms with Crippen molar-refractivity contribution in [2.45, 2.75) is 44.7 Å². The minimum atomic E-state index is -0.728. The van der Waals surface area contributed by atoms with Crippen LogP contribution in [0, 0.1) is 0 Å². The van der Waals surface area contributed by atoms with Crippen LogP contribution < -0.4 is 0 Å². The highest BCUT2D eigenvalue weighted by Crippen LogP contribution is 2.38. The van der Waals surface area contributed by atoms with Gasteiger partial charge in [-0.15, -0.1) is 11.3 Å². The van der Waals surface area contributed by atoms with Gasteiger partial charge in [0.15, 0.2) is 0 Å². The van der Waals surface area contributed by atoms with Crippen LogP contribution in [0.15, 0.2) is 15.9 Å². The Labute approximate surface area is 120 Å². The topological polar surface area (TPSA) is 40.5 Å². The smallest absolute Gasteiger partial charge is 0.323 e. The second-order valence-electron chi connectivity index (χ2n) is 5.05. The van der Waals surface area contributed by atoms with Crippen molar-refractivity contribution in [1.82, 2.24) is 4.90 Å². The third-order valence-electron chi connectivity index (χ3n) is 3.88. The number of piperidine rings is 1. The van der Waals surface area contributed by atoms with Gasteiger partial charge in [-0.2, -0.15) is 0 Å². The maximum Gasteiger partial charge on any atom is 0.323 e. The van der Waals surface area contributed by atoms with Crippen molar-refractivity contribution in [1.29, 1.82) is 0 Å². The highest BCUT2D eigenvalue weighted by molar-refractivity contribution is 9.11. The quantitative estimate of drug-likeness (QED) is 0.913. The van der Waals surface area contributed by atoms with Crippen LogP contribution in [0.2, 0.25) is 0 Å². The van der Waals surface area contributed by atoms with Crippen LogP contribution in [0.5, 0.6) is 0 Å². The summed E-state index contributed by atoms with van der Waals surface area (Å²) in [4.78, 5) is 14.9. The number of rotatable bonds is 3. The molecule has 1 aliphatic rings. The summed E-state index contributed by atoms with van der Waals surface area (Å²) in [5.74, 6) is -0.704. The van der Waals surface area contributed by atoms with Crippen molar-refractivity contribution in [3.05, 3.63) is 20.8 Å². The Morgan fingerprint density at radius 1 is 1.56 bits per heavy atom. The van der Waals surface area contributed by atoms with Crippen LogP contribution in [-0.2, 0) is 4.79 Å². The zero-order chi connectivity index (χ0) is 13.3. The molecule has 100 valence electrons. The molecule has 5 heteroatoms. The summed E-state index contributed by atoms with van der Waals surface area (Å²) in [6, 6.07) is 4.26. The van der Waals surface area contributed by atoms with Crippen LogP contribution >= 0.6 is 27.3 Å². The molecular weight excluding hydrogens is 314 g/mol. The molecule has 1 aliphatic heterocycles. The van der Waals surface area contributed by atoms with E-state index in [2.05, 4.69) is 33.8 Å². The van der Waals surface area contributed by atoms with Crippen LogP contribution in [-0.4, -0.2) is 28.1 Å². The number of hydrogen-bond donors (Lipinski definition) is 1. The van der Waals surface area contributed by atoms with Gasteiger partial charge in [-0.1, -0.05) is 0 Å². The third kappa shape index (κ3) is 2.49. The first-order valence-corrected chi connectivity index (χ1v) is 7.81. The van der Waals surface area contributed by atoms with Gasteiger partial charge >= 0.3 is 5.97 Å². The normalized spacial score (nSPS) is 27.1. The van der Waals surface area contributed by atoms with E-state index in [-0.39, 0.29) is 6.04 Å². The van der Waals surface area contributed by atoms with Crippen molar-refractivity contribution in [2.24, 2.45) is 0 Å². The van der Waals surface area contributed by atoms with Crippen molar-refractivity contribution < 1.29 is 9.90 Å². The summed E-state index contributed by atoms with van der Waals surface area (Å²) in [6.07, 6.45) is 2.82. The summed E-state index contributed by atoms with van der Waals surface area (Å²) < 4.78 is 1.10. The molecule has 2 heterocycles. The summed E-state index contributed by atoms with van der Waals surface area (Å²) in [5.41, 5.74) is -0.728. The van der Waals surface area contributed by atoms with E-state index in [9.17, 15) is 9.90 Å². The number of thiophene rings is 1. The summed E-state index contributed by atoms with van der Waals surface area (Å²) in [7, 11) is 0. The molecule has 1 N–H and O–H groups in total. The van der Waals surface area contributed by atoms with E-state index in [0.717, 1.165) is 29.6 Å². The second kappa shape index (κ2) is 5.31. The molecule has 0 amide bonds. The Kier molecular flexibility index (Phi) is 4.14. The lowest BCUT2D eigenvalue weighted by molar-refractivity contribution is -0.154. The zero-order valence-corrected chi connectivity index (χ0v) is 13.1. The minimum absolute atomic E-state index is 0.155. The molecule has 0 aliphatic carbocycles. The van der Waals surface area contributed by atoms with E-state index in [1.54, 1.807) is 11.3 Å². The number of nitrogens with zero attached hydrogens (tertiary/aromatic N) is 1. The predicted molar refractivity (Wildman–Crippen MR) is 77.0 cm³/mol. The lowest BCUT2D eigenvalue weighted by Crippen LogP contribution is -2.55. The van der Waals surface area contributed by atoms with Crippen LogP contribution in [0.25, 0.3) is 0 Å². The average molecular weight is 332 g/mol. The van der Waals surface area contributed by atoms with Gasteiger partial charge in [0, 0.05) is 10.9 Å². The molecule has 1 aromatic rings. The highest BCUT2D eigenvalue weighted by Gasteiger charge is 2.43. The fourth-order valence-electron chi connectivity index (χ4n) is 2.70. The van der Waals surface area contributed by atoms with Gasteiger partial charge in [-0.25, -0.2) is 0 Å². The number of carboxylic acids is 1. The first kappa shape index (κ1) is 14.0. The number of carboxylic acid groups (broad SMARTS) is 1. The largest absolute Gasteiger partial charge is 0.480 e. The minimum Gasteiger partial charge on any atom is -0.480 e. The molecule has 1 saturated heterocycles. The first-order valence-electron chi connectivity index (χ1n) is 6.20. The van der Waals surface area contributed by atoms with Crippen molar-refractivity contribution in [2.75, 3.05) is 6.54 Å².